The topological polar surface area (TPSA) is 18.5 Å². The van der Waals surface area contributed by atoms with Gasteiger partial charge in [0.15, 0.2) is 0 Å². The van der Waals surface area contributed by atoms with Crippen molar-refractivity contribution in [3.8, 4) is 0 Å². The second kappa shape index (κ2) is 23.7. The summed E-state index contributed by atoms with van der Waals surface area (Å²) in [4.78, 5) is 0. The molecule has 0 amide bonds. The summed E-state index contributed by atoms with van der Waals surface area (Å²) >= 11 is 9.60. The van der Waals surface area contributed by atoms with Crippen LogP contribution in [0.1, 0.15) is 104 Å². The van der Waals surface area contributed by atoms with Crippen molar-refractivity contribution in [2.24, 2.45) is 0 Å². The van der Waals surface area contributed by atoms with Gasteiger partial charge in [-0.1, -0.05) is 0 Å². The van der Waals surface area contributed by atoms with Crippen molar-refractivity contribution in [2.45, 2.75) is 104 Å². The van der Waals surface area contributed by atoms with Gasteiger partial charge in [-0.25, -0.2) is 0 Å². The molecule has 0 atom stereocenters. The van der Waals surface area contributed by atoms with Gasteiger partial charge < -0.3 is 0 Å². The molecule has 2 nitrogen and oxygen atoms in total. The molecule has 0 aromatic heterocycles. The van der Waals surface area contributed by atoms with Crippen LogP contribution in [0.5, 0.6) is 0 Å². The van der Waals surface area contributed by atoms with Gasteiger partial charge in [-0.2, -0.15) is 0 Å². The van der Waals surface area contributed by atoms with E-state index in [0.717, 1.165) is 26.1 Å². The maximum atomic E-state index is 5.65. The second-order valence-corrected chi connectivity index (χ2v) is 20.4. The average molecular weight is 646 g/mol. The molecule has 0 spiro atoms. The molecule has 0 N–H and O–H groups in total. The van der Waals surface area contributed by atoms with Crippen LogP contribution in [0.3, 0.4) is 0 Å². The third-order valence-electron chi connectivity index (χ3n) is 4.19. The zero-order valence-corrected chi connectivity index (χ0v) is 24.4. The Bertz CT molecular complexity index is 325. The fourth-order valence-corrected chi connectivity index (χ4v) is 16.7. The van der Waals surface area contributed by atoms with Crippen LogP contribution in [0.2, 0.25) is 0 Å². The Morgan fingerprint density at radius 3 is 1.30 bits per heavy atom. The summed E-state index contributed by atoms with van der Waals surface area (Å²) in [6, 6.07) is 0. The van der Waals surface area contributed by atoms with E-state index in [1.807, 2.05) is 0 Å². The van der Waals surface area contributed by atoms with E-state index >= 15 is 0 Å². The van der Waals surface area contributed by atoms with Gasteiger partial charge in [0.25, 0.3) is 0 Å². The fourth-order valence-electron chi connectivity index (χ4n) is 2.58. The summed E-state index contributed by atoms with van der Waals surface area (Å²) in [5.41, 5.74) is 0. The Morgan fingerprint density at radius 2 is 0.926 bits per heavy atom. The van der Waals surface area contributed by atoms with Crippen molar-refractivity contribution in [3.63, 3.8) is 0 Å². The Hall–Kier alpha value is 1.40. The van der Waals surface area contributed by atoms with Gasteiger partial charge in [0.1, 0.15) is 0 Å². The van der Waals surface area contributed by atoms with E-state index in [1.165, 1.54) is 77.0 Å². The number of unbranched alkanes of at least 4 members (excludes halogenated alkanes) is 12. The van der Waals surface area contributed by atoms with Crippen LogP contribution in [0.25, 0.3) is 0 Å². The van der Waals surface area contributed by atoms with Crippen LogP contribution in [0.15, 0.2) is 0 Å². The monoisotopic (exact) mass is 646 g/mol. The van der Waals surface area contributed by atoms with Crippen LogP contribution in [-0.4, -0.2) is 43.2 Å². The molecule has 0 heterocycles. The quantitative estimate of drug-likeness (QED) is 0.0846. The van der Waals surface area contributed by atoms with Crippen molar-refractivity contribution in [1.29, 1.82) is 0 Å². The molecule has 27 heavy (non-hydrogen) atoms. The Morgan fingerprint density at radius 1 is 0.593 bits per heavy atom. The second-order valence-electron chi connectivity index (χ2n) is 6.73. The van der Waals surface area contributed by atoms with E-state index in [1.54, 1.807) is 16.6 Å². The van der Waals surface area contributed by atoms with Crippen LogP contribution in [-0.2, 0) is 9.47 Å². The normalized spacial score (nSPS) is 10.7. The summed E-state index contributed by atoms with van der Waals surface area (Å²) in [7, 11) is 3.47. The number of hydrogen-bond acceptors (Lipinski definition) is 6. The molecular formula is C20H38O2PbS4. The van der Waals surface area contributed by atoms with E-state index in [2.05, 4.69) is 13.8 Å². The van der Waals surface area contributed by atoms with Gasteiger partial charge >= 0.3 is 197 Å². The van der Waals surface area contributed by atoms with Crippen LogP contribution >= 0.6 is 41.1 Å². The minimum absolute atomic E-state index is 0.715. The molecule has 0 fully saturated rings. The van der Waals surface area contributed by atoms with Crippen molar-refractivity contribution in [2.75, 3.05) is 13.2 Å². The summed E-state index contributed by atoms with van der Waals surface area (Å²) < 4.78 is 12.7. The molecule has 2 radical (unpaired) electrons. The molecule has 0 rings (SSSR count). The Balaban J connectivity index is 3.31. The predicted octanol–water partition coefficient (Wildman–Crippen LogP) is 8.09. The average Bonchev–Trinajstić information content (AvgIpc) is 2.66. The van der Waals surface area contributed by atoms with Gasteiger partial charge in [0.2, 0.25) is 0 Å². The molecule has 158 valence electrons. The van der Waals surface area contributed by atoms with Gasteiger partial charge in [0.05, 0.1) is 0 Å². The zero-order valence-electron chi connectivity index (χ0n) is 17.3. The standard InChI is InChI=1S/2C10H20OS2.Pb/c2*1-2-3-4-5-6-7-8-9-11-10(12)13;/h2*2-9H2,1H3,(H,12,13);/q;;+2/p-2. The third-order valence-corrected chi connectivity index (χ3v) is 19.8. The van der Waals surface area contributed by atoms with Crippen molar-refractivity contribution in [3.05, 3.63) is 0 Å². The van der Waals surface area contributed by atoms with Gasteiger partial charge in [-0.15, -0.1) is 0 Å². The molecule has 7 heteroatoms. The molecule has 0 saturated carbocycles. The first kappa shape index (κ1) is 28.4. The van der Waals surface area contributed by atoms with Crippen molar-refractivity contribution in [1.82, 2.24) is 0 Å². The van der Waals surface area contributed by atoms with E-state index in [0.29, 0.717) is 8.77 Å². The predicted molar refractivity (Wildman–Crippen MR) is 134 cm³/mol. The Labute approximate surface area is 196 Å². The van der Waals surface area contributed by atoms with Crippen LogP contribution in [0, 0.1) is 0 Å². The van der Waals surface area contributed by atoms with Crippen molar-refractivity contribution >= 4 is 71.1 Å². The van der Waals surface area contributed by atoms with E-state index in [-0.39, 0.29) is 0 Å². The van der Waals surface area contributed by atoms with Crippen LogP contribution < -0.4 is 0 Å². The van der Waals surface area contributed by atoms with Gasteiger partial charge in [-0.05, 0) is 0 Å². The number of hydrogen-bond donors (Lipinski definition) is 0. The van der Waals surface area contributed by atoms with Crippen LogP contribution in [0.4, 0.5) is 0 Å². The molecule has 0 aromatic carbocycles. The first-order chi connectivity index (χ1) is 13.2. The Kier molecular flexibility index (Phi) is 24.9. The summed E-state index contributed by atoms with van der Waals surface area (Å²) in [6.07, 6.45) is 18.2. The molecular weight excluding hydrogens is 608 g/mol. The molecule has 0 saturated heterocycles. The third kappa shape index (κ3) is 23.5. The number of ether oxygens (including phenoxy) is 2. The first-order valence-electron chi connectivity index (χ1n) is 10.6. The number of rotatable bonds is 18. The SMILES string of the molecule is CCCCCCCCCOC(=S)[S][Pb][S]C(=S)OCCCCCCCCC. The zero-order chi connectivity index (χ0) is 20.0. The summed E-state index contributed by atoms with van der Waals surface area (Å²) in [6.45, 7) is 6.05. The first-order valence-corrected chi connectivity index (χ1v) is 22.6. The molecule has 0 aliphatic rings. The maximum absolute atomic E-state index is 5.65. The van der Waals surface area contributed by atoms with Gasteiger partial charge in [0, 0.05) is 0 Å². The van der Waals surface area contributed by atoms with E-state index < -0.39 is 21.2 Å². The summed E-state index contributed by atoms with van der Waals surface area (Å²) in [5.74, 6) is 0. The number of thiocarbonyl (C=S) groups is 2. The van der Waals surface area contributed by atoms with E-state index in [4.69, 9.17) is 33.9 Å². The molecule has 0 aromatic rings. The van der Waals surface area contributed by atoms with Gasteiger partial charge in [-0.3, -0.25) is 0 Å². The van der Waals surface area contributed by atoms with Crippen molar-refractivity contribution < 1.29 is 9.47 Å². The molecule has 0 unspecified atom stereocenters. The molecule has 0 aliphatic heterocycles. The molecule has 0 aliphatic carbocycles. The fraction of sp³-hybridized carbons (Fsp3) is 0.900. The van der Waals surface area contributed by atoms with E-state index in [9.17, 15) is 0 Å². The summed E-state index contributed by atoms with van der Waals surface area (Å²) in [5, 5.41) is 0. The molecule has 0 bridgehead atoms. The minimum atomic E-state index is -0.994.